The van der Waals surface area contributed by atoms with Crippen molar-refractivity contribution in [2.75, 3.05) is 33.4 Å². The number of ether oxygens (including phenoxy) is 1. The predicted molar refractivity (Wildman–Crippen MR) is 95.5 cm³/mol. The Morgan fingerprint density at radius 3 is 2.40 bits per heavy atom. The first kappa shape index (κ1) is 19.3. The molecule has 8 heteroatoms. The van der Waals surface area contributed by atoms with Crippen molar-refractivity contribution in [3.63, 3.8) is 0 Å². The van der Waals surface area contributed by atoms with E-state index in [2.05, 4.69) is 0 Å². The van der Waals surface area contributed by atoms with E-state index in [1.165, 1.54) is 13.2 Å². The van der Waals surface area contributed by atoms with E-state index >= 15 is 0 Å². The van der Waals surface area contributed by atoms with Gasteiger partial charge in [-0.2, -0.15) is 0 Å². The molecule has 0 saturated heterocycles. The van der Waals surface area contributed by atoms with Crippen LogP contribution >= 0.6 is 12.4 Å². The van der Waals surface area contributed by atoms with Gasteiger partial charge in [-0.15, -0.1) is 12.4 Å². The molecule has 0 spiro atoms. The molecule has 3 aromatic rings. The van der Waals surface area contributed by atoms with Crippen LogP contribution < -0.4 is 10.4 Å². The van der Waals surface area contributed by atoms with Crippen LogP contribution in [0.15, 0.2) is 38.1 Å². The molecule has 2 aromatic heterocycles. The van der Waals surface area contributed by atoms with E-state index < -0.39 is 5.63 Å². The van der Waals surface area contributed by atoms with Crippen molar-refractivity contribution in [2.24, 2.45) is 0 Å². The number of nitrogens with zero attached hydrogens (tertiary/aromatic N) is 1. The normalized spacial score (nSPS) is 11.2. The van der Waals surface area contributed by atoms with Gasteiger partial charge in [0.1, 0.15) is 0 Å². The van der Waals surface area contributed by atoms with E-state index in [1.54, 1.807) is 12.3 Å². The molecule has 1 aromatic carbocycles. The smallest absolute Gasteiger partial charge is 0.336 e. The van der Waals surface area contributed by atoms with Gasteiger partial charge in [-0.25, -0.2) is 4.79 Å². The van der Waals surface area contributed by atoms with Crippen LogP contribution in [0, 0.1) is 0 Å². The molecular weight excluding hydrogens is 350 g/mol. The molecule has 0 bridgehead atoms. The van der Waals surface area contributed by atoms with Gasteiger partial charge in [-0.1, -0.05) is 0 Å². The number of benzene rings is 1. The molecule has 0 amide bonds. The van der Waals surface area contributed by atoms with Crippen molar-refractivity contribution < 1.29 is 23.8 Å². The van der Waals surface area contributed by atoms with Crippen LogP contribution in [0.1, 0.15) is 5.56 Å². The van der Waals surface area contributed by atoms with Crippen molar-refractivity contribution in [3.05, 3.63) is 40.4 Å². The number of methoxy groups -OCH3 is 1. The van der Waals surface area contributed by atoms with Crippen LogP contribution in [0.2, 0.25) is 0 Å². The van der Waals surface area contributed by atoms with Gasteiger partial charge in [0, 0.05) is 36.5 Å². The molecular formula is C17H20ClNO6. The maximum absolute atomic E-state index is 11.6. The fourth-order valence-corrected chi connectivity index (χ4v) is 2.93. The van der Waals surface area contributed by atoms with Crippen LogP contribution in [-0.4, -0.2) is 48.5 Å². The van der Waals surface area contributed by atoms with Gasteiger partial charge in [0.25, 0.3) is 0 Å². The van der Waals surface area contributed by atoms with E-state index in [9.17, 15) is 15.0 Å². The highest BCUT2D eigenvalue weighted by molar-refractivity contribution is 6.03. The van der Waals surface area contributed by atoms with Crippen molar-refractivity contribution >= 4 is 34.3 Å². The summed E-state index contributed by atoms with van der Waals surface area (Å²) in [6.07, 6.45) is 1.55. The zero-order valence-electron chi connectivity index (χ0n) is 13.7. The van der Waals surface area contributed by atoms with E-state index in [1.807, 2.05) is 11.0 Å². The fourth-order valence-electron chi connectivity index (χ4n) is 2.93. The van der Waals surface area contributed by atoms with Gasteiger partial charge in [0.05, 0.1) is 26.6 Å². The van der Waals surface area contributed by atoms with Crippen molar-refractivity contribution in [2.45, 2.75) is 6.54 Å². The van der Waals surface area contributed by atoms with E-state index in [0.717, 1.165) is 16.3 Å². The van der Waals surface area contributed by atoms with Crippen LogP contribution in [0.5, 0.6) is 5.75 Å². The largest absolute Gasteiger partial charge is 0.490 e. The topological polar surface area (TPSA) is 96.3 Å². The summed E-state index contributed by atoms with van der Waals surface area (Å²) >= 11 is 0. The zero-order chi connectivity index (χ0) is 17.1. The molecule has 2 N–H and O–H groups in total. The first-order valence-corrected chi connectivity index (χ1v) is 7.63. The van der Waals surface area contributed by atoms with Crippen LogP contribution in [-0.2, 0) is 6.54 Å². The monoisotopic (exact) mass is 369 g/mol. The van der Waals surface area contributed by atoms with Crippen LogP contribution in [0.25, 0.3) is 21.9 Å². The molecule has 136 valence electrons. The lowest BCUT2D eigenvalue weighted by Gasteiger charge is -2.21. The number of furan rings is 1. The lowest BCUT2D eigenvalue weighted by molar-refractivity contribution is 0.156. The zero-order valence-corrected chi connectivity index (χ0v) is 14.5. The number of aliphatic hydroxyl groups is 2. The SMILES string of the molecule is COc1c2occc2c(CN(CCO)CCO)c2ccc(=O)oc12.Cl. The standard InChI is InChI=1S/C17H19NO6.ClH/c1-22-17-15-12(4-9-23-15)13(10-18(5-7-19)6-8-20)11-2-3-14(21)24-16(11)17;/h2-4,9,19-20H,5-8,10H2,1H3;1H. The third-order valence-electron chi connectivity index (χ3n) is 3.98. The van der Waals surface area contributed by atoms with Crippen molar-refractivity contribution in [1.29, 1.82) is 0 Å². The van der Waals surface area contributed by atoms with Crippen LogP contribution in [0.4, 0.5) is 0 Å². The molecule has 25 heavy (non-hydrogen) atoms. The Kier molecular flexibility index (Phi) is 6.44. The Morgan fingerprint density at radius 2 is 1.76 bits per heavy atom. The number of fused-ring (bicyclic) bond motifs is 2. The number of aliphatic hydroxyl groups excluding tert-OH is 2. The Labute approximate surface area is 149 Å². The maximum atomic E-state index is 11.6. The van der Waals surface area contributed by atoms with Gasteiger partial charge < -0.3 is 23.8 Å². The summed E-state index contributed by atoms with van der Waals surface area (Å²) in [5, 5.41) is 20.0. The highest BCUT2D eigenvalue weighted by atomic mass is 35.5. The molecule has 3 rings (SSSR count). The third kappa shape index (κ3) is 3.64. The molecule has 2 heterocycles. The second kappa shape index (κ2) is 8.35. The van der Waals surface area contributed by atoms with E-state index in [4.69, 9.17) is 13.6 Å². The molecule has 7 nitrogen and oxygen atoms in total. The number of hydrogen-bond donors (Lipinski definition) is 2. The quantitative estimate of drug-likeness (QED) is 0.612. The molecule has 0 aliphatic carbocycles. The Bertz CT molecular complexity index is 897. The molecule has 0 atom stereocenters. The summed E-state index contributed by atoms with van der Waals surface area (Å²) in [5.41, 5.74) is 1.25. The molecule has 0 fully saturated rings. The van der Waals surface area contributed by atoms with Crippen molar-refractivity contribution in [1.82, 2.24) is 4.90 Å². The lowest BCUT2D eigenvalue weighted by atomic mass is 10.0. The van der Waals surface area contributed by atoms with Crippen LogP contribution in [0.3, 0.4) is 0 Å². The maximum Gasteiger partial charge on any atom is 0.336 e. The minimum atomic E-state index is -0.472. The highest BCUT2D eigenvalue weighted by Gasteiger charge is 2.20. The minimum absolute atomic E-state index is 0. The number of hydrogen-bond acceptors (Lipinski definition) is 7. The van der Waals surface area contributed by atoms with Gasteiger partial charge in [-0.3, -0.25) is 4.90 Å². The third-order valence-corrected chi connectivity index (χ3v) is 3.98. The first-order chi connectivity index (χ1) is 11.7. The summed E-state index contributed by atoms with van der Waals surface area (Å²) in [6.45, 7) is 1.27. The molecule has 0 aliphatic heterocycles. The first-order valence-electron chi connectivity index (χ1n) is 7.63. The minimum Gasteiger partial charge on any atom is -0.490 e. The molecule has 0 saturated carbocycles. The lowest BCUT2D eigenvalue weighted by Crippen LogP contribution is -2.29. The second-order valence-electron chi connectivity index (χ2n) is 5.40. The summed E-state index contributed by atoms with van der Waals surface area (Å²) in [4.78, 5) is 13.6. The summed E-state index contributed by atoms with van der Waals surface area (Å²) in [6, 6.07) is 4.88. The Morgan fingerprint density at radius 1 is 1.08 bits per heavy atom. The number of rotatable bonds is 7. The van der Waals surface area contributed by atoms with Gasteiger partial charge in [-0.05, 0) is 17.7 Å². The Balaban J connectivity index is 0.00000225. The van der Waals surface area contributed by atoms with Gasteiger partial charge >= 0.3 is 5.63 Å². The second-order valence-corrected chi connectivity index (χ2v) is 5.40. The van der Waals surface area contributed by atoms with Gasteiger partial charge in [0.15, 0.2) is 11.2 Å². The van der Waals surface area contributed by atoms with E-state index in [0.29, 0.717) is 36.5 Å². The average molecular weight is 370 g/mol. The van der Waals surface area contributed by atoms with E-state index in [-0.39, 0.29) is 25.6 Å². The molecule has 0 aliphatic rings. The highest BCUT2D eigenvalue weighted by Crippen LogP contribution is 2.38. The summed E-state index contributed by atoms with van der Waals surface area (Å²) in [7, 11) is 1.49. The predicted octanol–water partition coefficient (Wildman–Crippen LogP) is 1.76. The van der Waals surface area contributed by atoms with Gasteiger partial charge in [0.2, 0.25) is 5.75 Å². The van der Waals surface area contributed by atoms with Crippen molar-refractivity contribution in [3.8, 4) is 5.75 Å². The fraction of sp³-hybridized carbons (Fsp3) is 0.353. The summed E-state index contributed by atoms with van der Waals surface area (Å²) < 4.78 is 16.3. The number of halogens is 1. The Hall–Kier alpha value is -2.06. The summed E-state index contributed by atoms with van der Waals surface area (Å²) in [5.74, 6) is 0.377. The average Bonchev–Trinajstić information content (AvgIpc) is 3.04. The molecule has 0 radical (unpaired) electrons. The molecule has 0 unspecified atom stereocenters.